The minimum Gasteiger partial charge on any atom is -0.321 e. The molecule has 0 unspecified atom stereocenters. The fourth-order valence-electron chi connectivity index (χ4n) is 2.29. The Bertz CT molecular complexity index is 858. The smallest absolute Gasteiger partial charge is 0.278 e. The molecule has 1 amide bonds. The fourth-order valence-corrected chi connectivity index (χ4v) is 2.46. The van der Waals surface area contributed by atoms with Gasteiger partial charge in [0.05, 0.1) is 11.4 Å². The zero-order valence-corrected chi connectivity index (χ0v) is 13.5. The van der Waals surface area contributed by atoms with Crippen molar-refractivity contribution in [3.8, 4) is 5.69 Å². The second-order valence-corrected chi connectivity index (χ2v) is 5.62. The van der Waals surface area contributed by atoms with Crippen molar-refractivity contribution in [2.24, 2.45) is 0 Å². The molecule has 0 aliphatic heterocycles. The predicted molar refractivity (Wildman–Crippen MR) is 90.2 cm³/mol. The average Bonchev–Trinajstić information content (AvgIpc) is 2.92. The number of nitrogens with zero attached hydrogens (tertiary/aromatic N) is 3. The Morgan fingerprint density at radius 3 is 2.61 bits per heavy atom. The van der Waals surface area contributed by atoms with Crippen LogP contribution in [0.15, 0.2) is 48.5 Å². The molecule has 1 heterocycles. The van der Waals surface area contributed by atoms with Gasteiger partial charge < -0.3 is 5.32 Å². The van der Waals surface area contributed by atoms with Crippen molar-refractivity contribution >= 4 is 23.2 Å². The van der Waals surface area contributed by atoms with Gasteiger partial charge in [-0.1, -0.05) is 41.1 Å². The van der Waals surface area contributed by atoms with E-state index in [1.165, 1.54) is 0 Å². The van der Waals surface area contributed by atoms with Crippen molar-refractivity contribution in [2.45, 2.75) is 13.8 Å². The van der Waals surface area contributed by atoms with Gasteiger partial charge in [-0.05, 0) is 43.7 Å². The number of benzene rings is 2. The third-order valence-corrected chi connectivity index (χ3v) is 3.78. The molecular weight excluding hydrogens is 312 g/mol. The lowest BCUT2D eigenvalue weighted by atomic mass is 10.2. The Labute approximate surface area is 138 Å². The molecule has 1 aromatic heterocycles. The molecule has 0 fully saturated rings. The average molecular weight is 327 g/mol. The summed E-state index contributed by atoms with van der Waals surface area (Å²) in [4.78, 5) is 12.4. The summed E-state index contributed by atoms with van der Waals surface area (Å²) in [5.41, 5.74) is 3.46. The van der Waals surface area contributed by atoms with Crippen molar-refractivity contribution in [3.63, 3.8) is 0 Å². The summed E-state index contributed by atoms with van der Waals surface area (Å²) in [5, 5.41) is 11.5. The number of anilines is 1. The molecule has 23 heavy (non-hydrogen) atoms. The van der Waals surface area contributed by atoms with Gasteiger partial charge in [-0.3, -0.25) is 4.79 Å². The largest absolute Gasteiger partial charge is 0.321 e. The molecule has 0 radical (unpaired) electrons. The SMILES string of the molecule is Cc1ccc(Cl)cc1-n1nnc(C(=O)Nc2ccccc2)c1C. The minimum atomic E-state index is -0.292. The Morgan fingerprint density at radius 2 is 1.87 bits per heavy atom. The van der Waals surface area contributed by atoms with Gasteiger partial charge in [-0.25, -0.2) is 4.68 Å². The quantitative estimate of drug-likeness (QED) is 0.796. The first kappa shape index (κ1) is 15.2. The van der Waals surface area contributed by atoms with Crippen LogP contribution in [0.2, 0.25) is 5.02 Å². The summed E-state index contributed by atoms with van der Waals surface area (Å²) in [5.74, 6) is -0.292. The Hall–Kier alpha value is -2.66. The van der Waals surface area contributed by atoms with Crippen LogP contribution in [0.3, 0.4) is 0 Å². The van der Waals surface area contributed by atoms with Crippen molar-refractivity contribution in [2.75, 3.05) is 5.32 Å². The molecule has 0 atom stereocenters. The number of halogens is 1. The number of hydrogen-bond acceptors (Lipinski definition) is 3. The van der Waals surface area contributed by atoms with Crippen LogP contribution >= 0.6 is 11.6 Å². The Balaban J connectivity index is 1.93. The fraction of sp³-hybridized carbons (Fsp3) is 0.118. The van der Waals surface area contributed by atoms with Gasteiger partial charge in [0.25, 0.3) is 5.91 Å². The van der Waals surface area contributed by atoms with Gasteiger partial charge in [0.15, 0.2) is 5.69 Å². The zero-order chi connectivity index (χ0) is 16.4. The van der Waals surface area contributed by atoms with E-state index in [1.807, 2.05) is 49.4 Å². The van der Waals surface area contributed by atoms with E-state index in [4.69, 9.17) is 11.6 Å². The highest BCUT2D eigenvalue weighted by atomic mass is 35.5. The number of aromatic nitrogens is 3. The number of carbonyl (C=O) groups is 1. The molecule has 0 spiro atoms. The summed E-state index contributed by atoms with van der Waals surface area (Å²) in [6.07, 6.45) is 0. The van der Waals surface area contributed by atoms with E-state index in [2.05, 4.69) is 15.6 Å². The third kappa shape index (κ3) is 3.10. The Kier molecular flexibility index (Phi) is 4.12. The molecule has 0 aliphatic rings. The lowest BCUT2D eigenvalue weighted by molar-refractivity contribution is 0.102. The van der Waals surface area contributed by atoms with Gasteiger partial charge in [-0.2, -0.15) is 0 Å². The van der Waals surface area contributed by atoms with Crippen LogP contribution in [0.5, 0.6) is 0 Å². The summed E-state index contributed by atoms with van der Waals surface area (Å²) < 4.78 is 1.63. The first-order valence-electron chi connectivity index (χ1n) is 7.11. The number of aryl methyl sites for hydroxylation is 1. The molecule has 0 saturated heterocycles. The van der Waals surface area contributed by atoms with Crippen LogP contribution in [0.1, 0.15) is 21.7 Å². The van der Waals surface area contributed by atoms with Crippen LogP contribution in [0, 0.1) is 13.8 Å². The highest BCUT2D eigenvalue weighted by Crippen LogP contribution is 2.21. The van der Waals surface area contributed by atoms with E-state index in [0.29, 0.717) is 16.4 Å². The molecular formula is C17H15ClN4O. The lowest BCUT2D eigenvalue weighted by Crippen LogP contribution is -2.14. The number of rotatable bonds is 3. The highest BCUT2D eigenvalue weighted by molar-refractivity contribution is 6.30. The molecule has 2 aromatic carbocycles. The van der Waals surface area contributed by atoms with E-state index in [9.17, 15) is 4.79 Å². The van der Waals surface area contributed by atoms with Crippen LogP contribution in [0.25, 0.3) is 5.69 Å². The predicted octanol–water partition coefficient (Wildman–Crippen LogP) is 3.79. The molecule has 0 aliphatic carbocycles. The molecule has 0 bridgehead atoms. The van der Waals surface area contributed by atoms with Crippen molar-refractivity contribution in [1.82, 2.24) is 15.0 Å². The van der Waals surface area contributed by atoms with Crippen molar-refractivity contribution in [1.29, 1.82) is 0 Å². The lowest BCUT2D eigenvalue weighted by Gasteiger charge is -2.08. The normalized spacial score (nSPS) is 10.6. The van der Waals surface area contributed by atoms with Crippen molar-refractivity contribution in [3.05, 3.63) is 70.5 Å². The number of nitrogens with one attached hydrogen (secondary N) is 1. The molecule has 3 rings (SSSR count). The minimum absolute atomic E-state index is 0.285. The van der Waals surface area contributed by atoms with Crippen LogP contribution in [0.4, 0.5) is 5.69 Å². The van der Waals surface area contributed by atoms with Crippen LogP contribution in [-0.2, 0) is 0 Å². The van der Waals surface area contributed by atoms with E-state index < -0.39 is 0 Å². The molecule has 1 N–H and O–H groups in total. The maximum Gasteiger partial charge on any atom is 0.278 e. The van der Waals surface area contributed by atoms with Gasteiger partial charge in [0, 0.05) is 10.7 Å². The van der Waals surface area contributed by atoms with E-state index in [0.717, 1.165) is 11.3 Å². The maximum absolute atomic E-state index is 12.4. The highest BCUT2D eigenvalue weighted by Gasteiger charge is 2.18. The monoisotopic (exact) mass is 326 g/mol. The standard InChI is InChI=1S/C17H15ClN4O/c1-11-8-9-13(18)10-15(11)22-12(2)16(20-21-22)17(23)19-14-6-4-3-5-7-14/h3-10H,1-2H3,(H,19,23). The van der Waals surface area contributed by atoms with Gasteiger partial charge in [-0.15, -0.1) is 5.10 Å². The second-order valence-electron chi connectivity index (χ2n) is 5.19. The van der Waals surface area contributed by atoms with E-state index in [1.54, 1.807) is 17.7 Å². The summed E-state index contributed by atoms with van der Waals surface area (Å²) in [7, 11) is 0. The molecule has 3 aromatic rings. The summed E-state index contributed by atoms with van der Waals surface area (Å²) in [6, 6.07) is 14.8. The molecule has 6 heteroatoms. The summed E-state index contributed by atoms with van der Waals surface area (Å²) >= 11 is 6.05. The third-order valence-electron chi connectivity index (χ3n) is 3.54. The Morgan fingerprint density at radius 1 is 1.13 bits per heavy atom. The number of carbonyl (C=O) groups excluding carboxylic acids is 1. The first-order valence-corrected chi connectivity index (χ1v) is 7.49. The molecule has 116 valence electrons. The molecule has 0 saturated carbocycles. The first-order chi connectivity index (χ1) is 11.1. The van der Waals surface area contributed by atoms with Gasteiger partial charge in [0.2, 0.25) is 0 Å². The number of amides is 1. The number of hydrogen-bond donors (Lipinski definition) is 1. The van der Waals surface area contributed by atoms with E-state index >= 15 is 0 Å². The number of para-hydroxylation sites is 1. The second kappa shape index (κ2) is 6.22. The van der Waals surface area contributed by atoms with Crippen LogP contribution < -0.4 is 5.32 Å². The van der Waals surface area contributed by atoms with Crippen LogP contribution in [-0.4, -0.2) is 20.9 Å². The van der Waals surface area contributed by atoms with Crippen molar-refractivity contribution < 1.29 is 4.79 Å². The topological polar surface area (TPSA) is 59.8 Å². The summed E-state index contributed by atoms with van der Waals surface area (Å²) in [6.45, 7) is 3.76. The molecule has 5 nitrogen and oxygen atoms in total. The van der Waals surface area contributed by atoms with Gasteiger partial charge in [0.1, 0.15) is 0 Å². The van der Waals surface area contributed by atoms with E-state index in [-0.39, 0.29) is 11.6 Å². The van der Waals surface area contributed by atoms with Gasteiger partial charge >= 0.3 is 0 Å². The maximum atomic E-state index is 12.4. The zero-order valence-electron chi connectivity index (χ0n) is 12.7.